The molecule has 0 saturated heterocycles. The molecule has 0 aliphatic heterocycles. The maximum Gasteiger partial charge on any atom is 0.345 e. The number of hydrogen-bond donors (Lipinski definition) is 3. The van der Waals surface area contributed by atoms with Crippen molar-refractivity contribution in [3.8, 4) is 0 Å². The molecule has 0 saturated carbocycles. The first-order valence-electron chi connectivity index (χ1n) is 3.56. The summed E-state index contributed by atoms with van der Waals surface area (Å²) in [7, 11) is -8.00. The molecule has 80 valence electrons. The molecule has 6 nitrogen and oxygen atoms in total. The summed E-state index contributed by atoms with van der Waals surface area (Å²) >= 11 is 0. The van der Waals surface area contributed by atoms with Crippen molar-refractivity contribution >= 4 is 15.2 Å². The Labute approximate surface area is 76.6 Å². The Morgan fingerprint density at radius 1 is 1.31 bits per heavy atom. The van der Waals surface area contributed by atoms with Gasteiger partial charge in [0, 0.05) is 7.11 Å². The van der Waals surface area contributed by atoms with Crippen LogP contribution in [0.3, 0.4) is 0 Å². The third-order valence-electron chi connectivity index (χ3n) is 2.15. The molecule has 2 unspecified atom stereocenters. The fourth-order valence-electron chi connectivity index (χ4n) is 0.767. The molecule has 3 N–H and O–H groups in total. The molecule has 0 bridgehead atoms. The zero-order valence-corrected chi connectivity index (χ0v) is 9.46. The van der Waals surface area contributed by atoms with Crippen LogP contribution in [0, 0.1) is 0 Å². The molecule has 0 spiro atoms. The van der Waals surface area contributed by atoms with Crippen LogP contribution in [0.1, 0.15) is 20.3 Å². The predicted octanol–water partition coefficient (Wildman–Crippen LogP) is 1.12. The van der Waals surface area contributed by atoms with Crippen molar-refractivity contribution in [3.05, 3.63) is 0 Å². The van der Waals surface area contributed by atoms with E-state index in [1.54, 1.807) is 0 Å². The quantitative estimate of drug-likeness (QED) is 0.627. The Kier molecular flexibility index (Phi) is 3.90. The maximum atomic E-state index is 11.3. The van der Waals surface area contributed by atoms with Gasteiger partial charge in [-0.3, -0.25) is 9.13 Å². The zero-order valence-electron chi connectivity index (χ0n) is 7.67. The summed E-state index contributed by atoms with van der Waals surface area (Å²) in [4.78, 5) is 25.0. The number of hydrogen-bond acceptors (Lipinski definition) is 3. The fraction of sp³-hybridized carbons (Fsp3) is 1.00. The molecule has 0 aliphatic rings. The average molecular weight is 232 g/mol. The first-order valence-corrected chi connectivity index (χ1v) is 6.75. The monoisotopic (exact) mass is 232 g/mol. The van der Waals surface area contributed by atoms with Gasteiger partial charge in [-0.1, -0.05) is 6.92 Å². The SMILES string of the molecule is CCC(C)(P(=O)(O)O)P(=O)(O)OC. The van der Waals surface area contributed by atoms with Crippen LogP contribution in [0.5, 0.6) is 0 Å². The molecule has 0 rings (SSSR count). The van der Waals surface area contributed by atoms with E-state index in [0.29, 0.717) is 0 Å². The van der Waals surface area contributed by atoms with E-state index in [1.807, 2.05) is 0 Å². The molecule has 8 heteroatoms. The van der Waals surface area contributed by atoms with E-state index in [0.717, 1.165) is 14.0 Å². The summed E-state index contributed by atoms with van der Waals surface area (Å²) in [5, 5.41) is 0. The maximum absolute atomic E-state index is 11.3. The molecule has 0 aromatic carbocycles. The molecule has 13 heavy (non-hydrogen) atoms. The smallest absolute Gasteiger partial charge is 0.324 e. The van der Waals surface area contributed by atoms with Crippen molar-refractivity contribution in [2.24, 2.45) is 0 Å². The van der Waals surface area contributed by atoms with E-state index in [9.17, 15) is 14.0 Å². The molecule has 0 amide bonds. The molecule has 0 aliphatic carbocycles. The van der Waals surface area contributed by atoms with Gasteiger partial charge in [-0.15, -0.1) is 0 Å². The van der Waals surface area contributed by atoms with Gasteiger partial charge in [-0.2, -0.15) is 0 Å². The van der Waals surface area contributed by atoms with E-state index in [-0.39, 0.29) is 6.42 Å². The van der Waals surface area contributed by atoms with Crippen molar-refractivity contribution in [1.29, 1.82) is 0 Å². The highest BCUT2D eigenvalue weighted by Crippen LogP contribution is 2.72. The highest BCUT2D eigenvalue weighted by Gasteiger charge is 2.55. The van der Waals surface area contributed by atoms with Gasteiger partial charge in [-0.25, -0.2) is 0 Å². The Balaban J connectivity index is 5.33. The fourth-order valence-corrected chi connectivity index (χ4v) is 3.53. The second kappa shape index (κ2) is 3.81. The lowest BCUT2D eigenvalue weighted by molar-refractivity contribution is 0.279. The van der Waals surface area contributed by atoms with Crippen LogP contribution in [0.25, 0.3) is 0 Å². The number of rotatable bonds is 4. The minimum atomic E-state index is -4.66. The Hall–Kier alpha value is 0.300. The third kappa shape index (κ3) is 2.21. The van der Waals surface area contributed by atoms with Crippen LogP contribution >= 0.6 is 15.2 Å². The molecule has 2 atom stereocenters. The molecule has 0 aromatic rings. The minimum Gasteiger partial charge on any atom is -0.324 e. The Morgan fingerprint density at radius 2 is 1.69 bits per heavy atom. The summed E-state index contributed by atoms with van der Waals surface area (Å²) < 4.78 is 26.5. The lowest BCUT2D eigenvalue weighted by Crippen LogP contribution is -2.24. The van der Waals surface area contributed by atoms with Crippen LogP contribution < -0.4 is 0 Å². The van der Waals surface area contributed by atoms with Gasteiger partial charge in [0.05, 0.1) is 0 Å². The second-order valence-corrected chi connectivity index (χ2v) is 7.64. The highest BCUT2D eigenvalue weighted by molar-refractivity contribution is 7.72. The lowest BCUT2D eigenvalue weighted by atomic mass is 10.4. The van der Waals surface area contributed by atoms with Crippen molar-refractivity contribution in [2.75, 3.05) is 7.11 Å². The van der Waals surface area contributed by atoms with Crippen LogP contribution in [0.15, 0.2) is 0 Å². The topological polar surface area (TPSA) is 104 Å². The van der Waals surface area contributed by atoms with Crippen molar-refractivity contribution in [2.45, 2.75) is 25.2 Å². The largest absolute Gasteiger partial charge is 0.345 e. The zero-order chi connectivity index (χ0) is 10.9. The second-order valence-electron chi connectivity index (χ2n) is 2.82. The summed E-state index contributed by atoms with van der Waals surface area (Å²) in [5.74, 6) is 0. The van der Waals surface area contributed by atoms with Crippen LogP contribution in [-0.2, 0) is 13.7 Å². The predicted molar refractivity (Wildman–Crippen MR) is 47.6 cm³/mol. The van der Waals surface area contributed by atoms with E-state index < -0.39 is 20.1 Å². The van der Waals surface area contributed by atoms with Gasteiger partial charge in [0.15, 0.2) is 4.90 Å². The van der Waals surface area contributed by atoms with Gasteiger partial charge in [-0.05, 0) is 13.3 Å². The van der Waals surface area contributed by atoms with Crippen LogP contribution in [-0.4, -0.2) is 26.7 Å². The van der Waals surface area contributed by atoms with E-state index in [4.69, 9.17) is 9.79 Å². The molecule has 0 radical (unpaired) electrons. The molecular formula is C5H14O6P2. The summed E-state index contributed by atoms with van der Waals surface area (Å²) in [5.41, 5.74) is 0. The van der Waals surface area contributed by atoms with Crippen LogP contribution in [0.4, 0.5) is 0 Å². The van der Waals surface area contributed by atoms with Crippen molar-refractivity contribution in [1.82, 2.24) is 0 Å². The third-order valence-corrected chi connectivity index (χ3v) is 7.29. The van der Waals surface area contributed by atoms with Crippen molar-refractivity contribution in [3.63, 3.8) is 0 Å². The summed E-state index contributed by atoms with van der Waals surface area (Å²) in [6.45, 7) is 2.46. The summed E-state index contributed by atoms with van der Waals surface area (Å²) in [6.07, 6.45) is -0.140. The molecule has 0 fully saturated rings. The van der Waals surface area contributed by atoms with Gasteiger partial charge in [0.1, 0.15) is 0 Å². The van der Waals surface area contributed by atoms with Crippen LogP contribution in [0.2, 0.25) is 0 Å². The lowest BCUT2D eigenvalue weighted by Gasteiger charge is -2.31. The Morgan fingerprint density at radius 3 is 1.77 bits per heavy atom. The molecule has 0 heterocycles. The van der Waals surface area contributed by atoms with Gasteiger partial charge in [0.25, 0.3) is 0 Å². The molecule has 0 aromatic heterocycles. The first-order chi connectivity index (χ1) is 5.62. The van der Waals surface area contributed by atoms with Gasteiger partial charge < -0.3 is 19.2 Å². The standard InChI is InChI=1S/C5H14O6P2/c1-4-5(2,12(6,7)8)13(9,10)11-3/h4H2,1-3H3,(H,9,10)(H2,6,7,8). The van der Waals surface area contributed by atoms with E-state index in [1.165, 1.54) is 6.92 Å². The van der Waals surface area contributed by atoms with Crippen molar-refractivity contribution < 1.29 is 28.3 Å². The minimum absolute atomic E-state index is 0.140. The average Bonchev–Trinajstić information content (AvgIpc) is 2.00. The summed E-state index contributed by atoms with van der Waals surface area (Å²) in [6, 6.07) is 0. The first kappa shape index (κ1) is 13.3. The Bertz CT molecular complexity index is 270. The van der Waals surface area contributed by atoms with E-state index >= 15 is 0 Å². The van der Waals surface area contributed by atoms with E-state index in [2.05, 4.69) is 4.52 Å². The normalized spacial score (nSPS) is 22.0. The van der Waals surface area contributed by atoms with Gasteiger partial charge in [0.2, 0.25) is 0 Å². The highest BCUT2D eigenvalue weighted by atomic mass is 31.2. The molecular weight excluding hydrogens is 218 g/mol. The van der Waals surface area contributed by atoms with Gasteiger partial charge >= 0.3 is 15.2 Å².